The summed E-state index contributed by atoms with van der Waals surface area (Å²) in [5, 5.41) is 6.08. The lowest BCUT2D eigenvalue weighted by molar-refractivity contribution is 0.0615. The number of benzene rings is 1. The standard InChI is InChI=1S/C24H31N5O2S/c1-4-28(18(2)3)16-19-7-9-20(10-8-19)24(30)29-13-11-27(12-14-29)17-22-25-23(26-31-22)21-6-5-15-32-21/h5-10,15,18H,4,11-14,16-17H2,1-3H3. The molecular formula is C24H31N5O2S. The number of thiophene rings is 1. The first-order valence-electron chi connectivity index (χ1n) is 11.2. The van der Waals surface area contributed by atoms with Gasteiger partial charge in [-0.15, -0.1) is 11.3 Å². The summed E-state index contributed by atoms with van der Waals surface area (Å²) < 4.78 is 5.42. The molecule has 1 aromatic carbocycles. The van der Waals surface area contributed by atoms with Gasteiger partial charge in [0.15, 0.2) is 0 Å². The van der Waals surface area contributed by atoms with Crippen molar-refractivity contribution < 1.29 is 9.32 Å². The van der Waals surface area contributed by atoms with E-state index in [0.29, 0.717) is 37.4 Å². The SMILES string of the molecule is CCN(Cc1ccc(C(=O)N2CCN(Cc3nc(-c4cccs4)no3)CC2)cc1)C(C)C. The average Bonchev–Trinajstić information content (AvgIpc) is 3.50. The highest BCUT2D eigenvalue weighted by Gasteiger charge is 2.23. The van der Waals surface area contributed by atoms with Gasteiger partial charge in [0.05, 0.1) is 11.4 Å². The summed E-state index contributed by atoms with van der Waals surface area (Å²) in [6.45, 7) is 12.1. The van der Waals surface area contributed by atoms with Gasteiger partial charge < -0.3 is 9.42 Å². The predicted molar refractivity (Wildman–Crippen MR) is 126 cm³/mol. The number of aromatic nitrogens is 2. The Bertz CT molecular complexity index is 992. The molecule has 7 nitrogen and oxygen atoms in total. The van der Waals surface area contributed by atoms with Crippen molar-refractivity contribution in [2.75, 3.05) is 32.7 Å². The van der Waals surface area contributed by atoms with Crippen molar-refractivity contribution in [1.82, 2.24) is 24.8 Å². The van der Waals surface area contributed by atoms with Gasteiger partial charge in [0, 0.05) is 44.3 Å². The summed E-state index contributed by atoms with van der Waals surface area (Å²) >= 11 is 1.60. The Balaban J connectivity index is 1.28. The molecule has 0 radical (unpaired) electrons. The lowest BCUT2D eigenvalue weighted by Crippen LogP contribution is -2.48. The molecule has 3 aromatic rings. The predicted octanol–water partition coefficient (Wildman–Crippen LogP) is 3.99. The quantitative estimate of drug-likeness (QED) is 0.514. The fourth-order valence-corrected chi connectivity index (χ4v) is 4.60. The first-order chi connectivity index (χ1) is 15.5. The molecule has 0 saturated carbocycles. The normalized spacial score (nSPS) is 15.1. The van der Waals surface area contributed by atoms with Gasteiger partial charge in [0.25, 0.3) is 5.91 Å². The Hall–Kier alpha value is -2.55. The molecule has 1 aliphatic rings. The zero-order chi connectivity index (χ0) is 22.5. The van der Waals surface area contributed by atoms with E-state index in [2.05, 4.69) is 52.8 Å². The number of carbonyl (C=O) groups is 1. The second kappa shape index (κ2) is 10.4. The van der Waals surface area contributed by atoms with Crippen molar-refractivity contribution in [3.63, 3.8) is 0 Å². The second-order valence-electron chi connectivity index (χ2n) is 8.41. The average molecular weight is 454 g/mol. The molecule has 3 heterocycles. The summed E-state index contributed by atoms with van der Waals surface area (Å²) in [5.74, 6) is 1.36. The van der Waals surface area contributed by atoms with E-state index in [1.807, 2.05) is 34.5 Å². The van der Waals surface area contributed by atoms with Crippen LogP contribution in [0.15, 0.2) is 46.3 Å². The van der Waals surface area contributed by atoms with Gasteiger partial charge in [-0.2, -0.15) is 4.98 Å². The maximum Gasteiger partial charge on any atom is 0.253 e. The smallest absolute Gasteiger partial charge is 0.253 e. The molecule has 0 N–H and O–H groups in total. The van der Waals surface area contributed by atoms with Crippen molar-refractivity contribution in [2.24, 2.45) is 0 Å². The van der Waals surface area contributed by atoms with Crippen LogP contribution in [0.3, 0.4) is 0 Å². The van der Waals surface area contributed by atoms with Gasteiger partial charge in [0.2, 0.25) is 11.7 Å². The van der Waals surface area contributed by atoms with Crippen LogP contribution in [0.5, 0.6) is 0 Å². The fourth-order valence-electron chi connectivity index (χ4n) is 3.95. The summed E-state index contributed by atoms with van der Waals surface area (Å²) in [4.78, 5) is 25.1. The highest BCUT2D eigenvalue weighted by atomic mass is 32.1. The maximum atomic E-state index is 13.0. The molecule has 0 atom stereocenters. The van der Waals surface area contributed by atoms with Crippen LogP contribution in [0.2, 0.25) is 0 Å². The number of hydrogen-bond acceptors (Lipinski definition) is 7. The molecule has 1 saturated heterocycles. The van der Waals surface area contributed by atoms with Gasteiger partial charge in [-0.3, -0.25) is 14.6 Å². The van der Waals surface area contributed by atoms with E-state index in [9.17, 15) is 4.79 Å². The van der Waals surface area contributed by atoms with Gasteiger partial charge in [-0.05, 0) is 49.5 Å². The van der Waals surface area contributed by atoms with Crippen LogP contribution in [-0.2, 0) is 13.1 Å². The number of carbonyl (C=O) groups excluding carboxylic acids is 1. The number of rotatable bonds is 8. The minimum atomic E-state index is 0.102. The van der Waals surface area contributed by atoms with Crippen molar-refractivity contribution in [1.29, 1.82) is 0 Å². The van der Waals surface area contributed by atoms with Crippen LogP contribution in [0.1, 0.15) is 42.6 Å². The minimum Gasteiger partial charge on any atom is -0.338 e. The first-order valence-corrected chi connectivity index (χ1v) is 12.1. The minimum absolute atomic E-state index is 0.102. The summed E-state index contributed by atoms with van der Waals surface area (Å²) in [5.41, 5.74) is 2.00. The maximum absolute atomic E-state index is 13.0. The highest BCUT2D eigenvalue weighted by Crippen LogP contribution is 2.22. The van der Waals surface area contributed by atoms with E-state index in [4.69, 9.17) is 4.52 Å². The Morgan fingerprint density at radius 2 is 1.91 bits per heavy atom. The first kappa shape index (κ1) is 22.6. The molecule has 8 heteroatoms. The van der Waals surface area contributed by atoms with Crippen molar-refractivity contribution in [3.05, 3.63) is 58.8 Å². The molecule has 0 unspecified atom stereocenters. The Kier molecular flexibility index (Phi) is 7.34. The van der Waals surface area contributed by atoms with Crippen molar-refractivity contribution in [3.8, 4) is 10.7 Å². The van der Waals surface area contributed by atoms with Crippen LogP contribution >= 0.6 is 11.3 Å². The third-order valence-corrected chi connectivity index (χ3v) is 6.82. The van der Waals surface area contributed by atoms with Gasteiger partial charge in [0.1, 0.15) is 0 Å². The van der Waals surface area contributed by atoms with Gasteiger partial charge in [-0.1, -0.05) is 30.3 Å². The fraction of sp³-hybridized carbons (Fsp3) is 0.458. The molecule has 1 fully saturated rings. The molecule has 4 rings (SSSR count). The third-order valence-electron chi connectivity index (χ3n) is 5.95. The molecule has 0 aliphatic carbocycles. The van der Waals surface area contributed by atoms with E-state index in [1.165, 1.54) is 5.56 Å². The number of hydrogen-bond donors (Lipinski definition) is 0. The van der Waals surface area contributed by atoms with Crippen LogP contribution in [0.25, 0.3) is 10.7 Å². The van der Waals surface area contributed by atoms with E-state index >= 15 is 0 Å². The topological polar surface area (TPSA) is 65.7 Å². The van der Waals surface area contributed by atoms with Crippen LogP contribution in [-0.4, -0.2) is 69.5 Å². The van der Waals surface area contributed by atoms with Gasteiger partial charge >= 0.3 is 0 Å². The molecule has 32 heavy (non-hydrogen) atoms. The summed E-state index contributed by atoms with van der Waals surface area (Å²) in [6.07, 6.45) is 0. The van der Waals surface area contributed by atoms with E-state index < -0.39 is 0 Å². The molecule has 1 amide bonds. The Labute approximate surface area is 193 Å². The second-order valence-corrected chi connectivity index (χ2v) is 9.36. The van der Waals surface area contributed by atoms with Crippen molar-refractivity contribution in [2.45, 2.75) is 39.9 Å². The Morgan fingerprint density at radius 1 is 1.16 bits per heavy atom. The van der Waals surface area contributed by atoms with Crippen LogP contribution < -0.4 is 0 Å². The molecule has 2 aromatic heterocycles. The number of piperazine rings is 1. The van der Waals surface area contributed by atoms with E-state index in [1.54, 1.807) is 11.3 Å². The monoisotopic (exact) mass is 453 g/mol. The lowest BCUT2D eigenvalue weighted by atomic mass is 10.1. The third kappa shape index (κ3) is 5.43. The van der Waals surface area contributed by atoms with E-state index in [-0.39, 0.29) is 5.91 Å². The molecular weight excluding hydrogens is 422 g/mol. The molecule has 1 aliphatic heterocycles. The Morgan fingerprint density at radius 3 is 2.53 bits per heavy atom. The molecule has 0 spiro atoms. The zero-order valence-corrected chi connectivity index (χ0v) is 19.8. The largest absolute Gasteiger partial charge is 0.338 e. The van der Waals surface area contributed by atoms with Crippen LogP contribution in [0, 0.1) is 0 Å². The molecule has 170 valence electrons. The summed E-state index contributed by atoms with van der Waals surface area (Å²) in [7, 11) is 0. The van der Waals surface area contributed by atoms with E-state index in [0.717, 1.165) is 36.6 Å². The summed E-state index contributed by atoms with van der Waals surface area (Å²) in [6, 6.07) is 12.5. The lowest BCUT2D eigenvalue weighted by Gasteiger charge is -2.34. The van der Waals surface area contributed by atoms with Gasteiger partial charge in [-0.25, -0.2) is 0 Å². The highest BCUT2D eigenvalue weighted by molar-refractivity contribution is 7.13. The van der Waals surface area contributed by atoms with Crippen molar-refractivity contribution >= 4 is 17.2 Å². The number of nitrogens with zero attached hydrogens (tertiary/aromatic N) is 5. The van der Waals surface area contributed by atoms with Crippen LogP contribution in [0.4, 0.5) is 0 Å². The zero-order valence-electron chi connectivity index (χ0n) is 19.0. The molecule has 0 bridgehead atoms. The number of amides is 1.